The molecule has 2 unspecified atom stereocenters. The molecule has 2 atom stereocenters. The second kappa shape index (κ2) is 5.63. The van der Waals surface area contributed by atoms with Gasteiger partial charge in [0.25, 0.3) is 0 Å². The first-order valence-electron chi connectivity index (χ1n) is 7.72. The van der Waals surface area contributed by atoms with E-state index < -0.39 is 0 Å². The molecule has 1 saturated carbocycles. The zero-order valence-corrected chi connectivity index (χ0v) is 12.2. The van der Waals surface area contributed by atoms with E-state index in [0.717, 1.165) is 25.0 Å². The Kier molecular flexibility index (Phi) is 3.89. The van der Waals surface area contributed by atoms with E-state index in [1.807, 2.05) is 6.20 Å². The molecule has 0 bridgehead atoms. The molecule has 106 valence electrons. The molecule has 1 saturated heterocycles. The van der Waals surface area contributed by atoms with E-state index in [1.165, 1.54) is 43.5 Å². The molecule has 2 heterocycles. The van der Waals surface area contributed by atoms with Crippen molar-refractivity contribution in [1.29, 1.82) is 0 Å². The number of aromatic nitrogens is 2. The standard InChI is InChI=1S/C15H26N4/c1-11-8-14(10-19(11)15-5-6-15)16-7-3-4-13-9-17-18-12(13)2/h9,11,14-16H,3-8,10H2,1-2H3,(H,17,18). The van der Waals surface area contributed by atoms with Gasteiger partial charge in [-0.25, -0.2) is 0 Å². The van der Waals surface area contributed by atoms with E-state index in [9.17, 15) is 0 Å². The third-order valence-corrected chi connectivity index (χ3v) is 4.63. The number of hydrogen-bond donors (Lipinski definition) is 2. The van der Waals surface area contributed by atoms with Crippen molar-refractivity contribution in [2.24, 2.45) is 0 Å². The average Bonchev–Trinajstić information content (AvgIpc) is 3.05. The van der Waals surface area contributed by atoms with Crippen LogP contribution in [0.4, 0.5) is 0 Å². The van der Waals surface area contributed by atoms with E-state index in [1.54, 1.807) is 0 Å². The first-order chi connectivity index (χ1) is 9.24. The molecule has 0 spiro atoms. The van der Waals surface area contributed by atoms with Gasteiger partial charge in [-0.1, -0.05) is 0 Å². The number of hydrogen-bond acceptors (Lipinski definition) is 3. The molecule has 2 N–H and O–H groups in total. The minimum absolute atomic E-state index is 0.709. The van der Waals surface area contributed by atoms with Crippen molar-refractivity contribution >= 4 is 0 Å². The summed E-state index contributed by atoms with van der Waals surface area (Å²) in [4.78, 5) is 2.71. The molecule has 2 aliphatic rings. The summed E-state index contributed by atoms with van der Waals surface area (Å²) in [6.07, 6.45) is 8.47. The summed E-state index contributed by atoms with van der Waals surface area (Å²) in [6, 6.07) is 2.40. The maximum Gasteiger partial charge on any atom is 0.0522 e. The first kappa shape index (κ1) is 13.1. The fraction of sp³-hybridized carbons (Fsp3) is 0.800. The summed E-state index contributed by atoms with van der Waals surface area (Å²) in [5.74, 6) is 0. The lowest BCUT2D eigenvalue weighted by molar-refractivity contribution is 0.255. The molecule has 1 aromatic heterocycles. The van der Waals surface area contributed by atoms with E-state index in [0.29, 0.717) is 6.04 Å². The van der Waals surface area contributed by atoms with Gasteiger partial charge in [0, 0.05) is 30.4 Å². The monoisotopic (exact) mass is 262 g/mol. The van der Waals surface area contributed by atoms with Crippen molar-refractivity contribution in [3.05, 3.63) is 17.5 Å². The van der Waals surface area contributed by atoms with E-state index in [2.05, 4.69) is 34.3 Å². The van der Waals surface area contributed by atoms with Crippen molar-refractivity contribution in [3.8, 4) is 0 Å². The summed E-state index contributed by atoms with van der Waals surface area (Å²) in [5.41, 5.74) is 2.58. The Morgan fingerprint density at radius 1 is 1.47 bits per heavy atom. The van der Waals surface area contributed by atoms with Gasteiger partial charge in [-0.3, -0.25) is 10.00 Å². The number of aromatic amines is 1. The molecule has 1 aliphatic carbocycles. The Morgan fingerprint density at radius 2 is 2.32 bits per heavy atom. The van der Waals surface area contributed by atoms with Gasteiger partial charge in [-0.05, 0) is 58.1 Å². The maximum absolute atomic E-state index is 4.07. The van der Waals surface area contributed by atoms with Crippen LogP contribution in [0.1, 0.15) is 43.9 Å². The quantitative estimate of drug-likeness (QED) is 0.769. The van der Waals surface area contributed by atoms with Crippen LogP contribution in [0.15, 0.2) is 6.20 Å². The summed E-state index contributed by atoms with van der Waals surface area (Å²) in [5, 5.41) is 10.8. The van der Waals surface area contributed by atoms with Crippen molar-refractivity contribution in [2.45, 2.75) is 64.1 Å². The highest BCUT2D eigenvalue weighted by molar-refractivity contribution is 5.14. The van der Waals surface area contributed by atoms with Crippen LogP contribution in [-0.2, 0) is 6.42 Å². The molecule has 0 radical (unpaired) electrons. The van der Waals surface area contributed by atoms with Crippen LogP contribution in [0.3, 0.4) is 0 Å². The van der Waals surface area contributed by atoms with E-state index in [-0.39, 0.29) is 0 Å². The largest absolute Gasteiger partial charge is 0.313 e. The number of likely N-dealkylation sites (tertiary alicyclic amines) is 1. The second-order valence-electron chi connectivity index (χ2n) is 6.29. The van der Waals surface area contributed by atoms with Crippen molar-refractivity contribution in [1.82, 2.24) is 20.4 Å². The van der Waals surface area contributed by atoms with Gasteiger partial charge in [0.15, 0.2) is 0 Å². The fourth-order valence-electron chi connectivity index (χ4n) is 3.33. The maximum atomic E-state index is 4.07. The highest BCUT2D eigenvalue weighted by Gasteiger charge is 2.38. The minimum atomic E-state index is 0.709. The van der Waals surface area contributed by atoms with Crippen LogP contribution in [0.5, 0.6) is 0 Å². The van der Waals surface area contributed by atoms with Crippen LogP contribution in [0.25, 0.3) is 0 Å². The Morgan fingerprint density at radius 3 is 3.00 bits per heavy atom. The Balaban J connectivity index is 1.35. The highest BCUT2D eigenvalue weighted by atomic mass is 15.3. The lowest BCUT2D eigenvalue weighted by Gasteiger charge is -2.19. The van der Waals surface area contributed by atoms with Gasteiger partial charge in [0.2, 0.25) is 0 Å². The smallest absolute Gasteiger partial charge is 0.0522 e. The van der Waals surface area contributed by atoms with Crippen LogP contribution in [0.2, 0.25) is 0 Å². The first-order valence-corrected chi connectivity index (χ1v) is 7.72. The molecule has 1 aromatic rings. The zero-order chi connectivity index (χ0) is 13.2. The molecule has 2 fully saturated rings. The van der Waals surface area contributed by atoms with Gasteiger partial charge in [0.05, 0.1) is 6.20 Å². The van der Waals surface area contributed by atoms with Crippen LogP contribution < -0.4 is 5.32 Å². The van der Waals surface area contributed by atoms with E-state index >= 15 is 0 Å². The molecule has 0 aromatic carbocycles. The number of nitrogens with one attached hydrogen (secondary N) is 2. The Hall–Kier alpha value is -0.870. The Bertz CT molecular complexity index is 410. The van der Waals surface area contributed by atoms with Crippen molar-refractivity contribution in [3.63, 3.8) is 0 Å². The molecule has 4 heteroatoms. The predicted octanol–water partition coefficient (Wildman–Crippen LogP) is 1.87. The van der Waals surface area contributed by atoms with Crippen LogP contribution in [0, 0.1) is 6.92 Å². The number of H-pyrrole nitrogens is 1. The third kappa shape index (κ3) is 3.18. The number of nitrogens with zero attached hydrogens (tertiary/aromatic N) is 2. The minimum Gasteiger partial charge on any atom is -0.313 e. The van der Waals surface area contributed by atoms with Gasteiger partial charge in [-0.2, -0.15) is 5.10 Å². The highest BCUT2D eigenvalue weighted by Crippen LogP contribution is 2.33. The Labute approximate surface area is 116 Å². The van der Waals surface area contributed by atoms with Crippen LogP contribution >= 0.6 is 0 Å². The van der Waals surface area contributed by atoms with Crippen LogP contribution in [-0.4, -0.2) is 46.3 Å². The molecule has 0 amide bonds. The summed E-state index contributed by atoms with van der Waals surface area (Å²) in [6.45, 7) is 6.87. The van der Waals surface area contributed by atoms with Gasteiger partial charge in [0.1, 0.15) is 0 Å². The number of rotatable bonds is 6. The summed E-state index contributed by atoms with van der Waals surface area (Å²) < 4.78 is 0. The zero-order valence-electron chi connectivity index (χ0n) is 12.2. The van der Waals surface area contributed by atoms with Gasteiger partial charge < -0.3 is 5.32 Å². The van der Waals surface area contributed by atoms with Gasteiger partial charge in [-0.15, -0.1) is 0 Å². The molecule has 4 nitrogen and oxygen atoms in total. The molecular formula is C15H26N4. The topological polar surface area (TPSA) is 44.0 Å². The lowest BCUT2D eigenvalue weighted by Crippen LogP contribution is -2.34. The molecule has 1 aliphatic heterocycles. The number of aryl methyl sites for hydroxylation is 2. The van der Waals surface area contributed by atoms with Crippen molar-refractivity contribution < 1.29 is 0 Å². The third-order valence-electron chi connectivity index (χ3n) is 4.63. The molecule has 3 rings (SSSR count). The van der Waals surface area contributed by atoms with Gasteiger partial charge >= 0.3 is 0 Å². The molecule has 19 heavy (non-hydrogen) atoms. The second-order valence-corrected chi connectivity index (χ2v) is 6.29. The van der Waals surface area contributed by atoms with Crippen molar-refractivity contribution in [2.75, 3.05) is 13.1 Å². The lowest BCUT2D eigenvalue weighted by atomic mass is 10.1. The summed E-state index contributed by atoms with van der Waals surface area (Å²) >= 11 is 0. The van der Waals surface area contributed by atoms with E-state index in [4.69, 9.17) is 0 Å². The average molecular weight is 262 g/mol. The normalized spacial score (nSPS) is 28.1. The fourth-order valence-corrected chi connectivity index (χ4v) is 3.33. The molecular weight excluding hydrogens is 236 g/mol. The SMILES string of the molecule is Cc1[nH]ncc1CCCNC1CC(C)N(C2CC2)C1. The predicted molar refractivity (Wildman–Crippen MR) is 77.2 cm³/mol. The summed E-state index contributed by atoms with van der Waals surface area (Å²) in [7, 11) is 0.